The summed E-state index contributed by atoms with van der Waals surface area (Å²) in [6, 6.07) is 8.14. The average Bonchev–Trinajstić information content (AvgIpc) is 2.50. The topological polar surface area (TPSA) is 56.7 Å². The van der Waals surface area contributed by atoms with Crippen LogP contribution in [0.2, 0.25) is 0 Å². The number of fused-ring (bicyclic) bond motifs is 1. The van der Waals surface area contributed by atoms with Crippen molar-refractivity contribution in [2.45, 2.75) is 46.1 Å². The van der Waals surface area contributed by atoms with Gasteiger partial charge in [-0.05, 0) is 52.2 Å². The van der Waals surface area contributed by atoms with Crippen molar-refractivity contribution in [1.82, 2.24) is 10.6 Å². The first kappa shape index (κ1) is 20.7. The zero-order chi connectivity index (χ0) is 16.9. The zero-order valence-corrected chi connectivity index (χ0v) is 17.4. The van der Waals surface area contributed by atoms with E-state index in [0.717, 1.165) is 31.6 Å². The number of anilines is 1. The number of carbonyl (C=O) groups excluding carboxylic acids is 1. The van der Waals surface area contributed by atoms with E-state index in [-0.39, 0.29) is 42.0 Å². The summed E-state index contributed by atoms with van der Waals surface area (Å²) in [5.74, 6) is 0.724. The maximum Gasteiger partial charge on any atom is 0.248 e. The summed E-state index contributed by atoms with van der Waals surface area (Å²) < 4.78 is 0. The van der Waals surface area contributed by atoms with Crippen LogP contribution in [0.3, 0.4) is 0 Å². The molecular formula is C18H29IN4O. The van der Waals surface area contributed by atoms with Crippen molar-refractivity contribution in [3.63, 3.8) is 0 Å². The van der Waals surface area contributed by atoms with Crippen LogP contribution >= 0.6 is 24.0 Å². The first-order chi connectivity index (χ1) is 10.9. The summed E-state index contributed by atoms with van der Waals surface area (Å²) in [6.45, 7) is 9.92. The predicted octanol–water partition coefficient (Wildman–Crippen LogP) is 2.94. The van der Waals surface area contributed by atoms with Crippen molar-refractivity contribution >= 4 is 41.5 Å². The van der Waals surface area contributed by atoms with Crippen LogP contribution in [0.15, 0.2) is 29.3 Å². The van der Waals surface area contributed by atoms with Gasteiger partial charge in [0.15, 0.2) is 5.96 Å². The highest BCUT2D eigenvalue weighted by molar-refractivity contribution is 14.0. The summed E-state index contributed by atoms with van der Waals surface area (Å²) >= 11 is 0. The highest BCUT2D eigenvalue weighted by atomic mass is 127. The number of nitrogens with zero attached hydrogens (tertiary/aromatic N) is 2. The summed E-state index contributed by atoms with van der Waals surface area (Å²) in [5.41, 5.74) is 2.19. The molecule has 0 saturated carbocycles. The molecule has 1 aromatic rings. The first-order valence-corrected chi connectivity index (χ1v) is 8.35. The van der Waals surface area contributed by atoms with Gasteiger partial charge >= 0.3 is 0 Å². The molecule has 0 fully saturated rings. The van der Waals surface area contributed by atoms with Crippen LogP contribution in [0.5, 0.6) is 0 Å². The fourth-order valence-electron chi connectivity index (χ4n) is 2.69. The van der Waals surface area contributed by atoms with Crippen LogP contribution < -0.4 is 15.5 Å². The van der Waals surface area contributed by atoms with Gasteiger partial charge < -0.3 is 15.5 Å². The lowest BCUT2D eigenvalue weighted by Crippen LogP contribution is -2.48. The molecule has 0 aromatic heterocycles. The molecule has 0 radical (unpaired) electrons. The van der Waals surface area contributed by atoms with Crippen LogP contribution in [0.4, 0.5) is 5.69 Å². The Morgan fingerprint density at radius 1 is 1.29 bits per heavy atom. The Bertz CT molecular complexity index is 581. The number of aliphatic imine (C=N–C) groups is 1. The molecule has 2 rings (SSSR count). The van der Waals surface area contributed by atoms with Crippen LogP contribution in [-0.4, -0.2) is 37.0 Å². The highest BCUT2D eigenvalue weighted by Gasteiger charge is 2.22. The lowest BCUT2D eigenvalue weighted by atomic mass is 10.0. The Morgan fingerprint density at radius 2 is 2.00 bits per heavy atom. The van der Waals surface area contributed by atoms with E-state index >= 15 is 0 Å². The maximum atomic E-state index is 12.6. The minimum atomic E-state index is -0.0955. The van der Waals surface area contributed by atoms with Crippen molar-refractivity contribution in [3.8, 4) is 0 Å². The molecular weight excluding hydrogens is 415 g/mol. The summed E-state index contributed by atoms with van der Waals surface area (Å²) in [6.07, 6.45) is 2.05. The molecule has 0 saturated heterocycles. The number of aryl methyl sites for hydroxylation is 1. The second-order valence-corrected chi connectivity index (χ2v) is 6.85. The molecule has 1 heterocycles. The number of para-hydroxylation sites is 1. The fraction of sp³-hybridized carbons (Fsp3) is 0.556. The van der Waals surface area contributed by atoms with E-state index < -0.39 is 0 Å². The van der Waals surface area contributed by atoms with E-state index in [1.165, 1.54) is 5.56 Å². The SMILES string of the molecule is CCNC(=NCC(=O)N1CCCc2ccccc21)NC(C)(C)C.I. The minimum Gasteiger partial charge on any atom is -0.357 e. The number of benzene rings is 1. The minimum absolute atomic E-state index is 0. The van der Waals surface area contributed by atoms with Crippen molar-refractivity contribution in [2.24, 2.45) is 4.99 Å². The van der Waals surface area contributed by atoms with Crippen LogP contribution in [0, 0.1) is 0 Å². The predicted molar refractivity (Wildman–Crippen MR) is 111 cm³/mol. The fourth-order valence-corrected chi connectivity index (χ4v) is 2.69. The van der Waals surface area contributed by atoms with E-state index in [0.29, 0.717) is 5.96 Å². The Balaban J connectivity index is 0.00000288. The number of hydrogen-bond donors (Lipinski definition) is 2. The first-order valence-electron chi connectivity index (χ1n) is 8.35. The molecule has 24 heavy (non-hydrogen) atoms. The molecule has 134 valence electrons. The molecule has 0 aliphatic carbocycles. The van der Waals surface area contributed by atoms with E-state index in [1.54, 1.807) is 0 Å². The van der Waals surface area contributed by atoms with Gasteiger partial charge in [-0.15, -0.1) is 24.0 Å². The second-order valence-electron chi connectivity index (χ2n) is 6.85. The van der Waals surface area contributed by atoms with E-state index in [2.05, 4.69) is 42.5 Å². The van der Waals surface area contributed by atoms with Crippen molar-refractivity contribution in [3.05, 3.63) is 29.8 Å². The van der Waals surface area contributed by atoms with E-state index in [4.69, 9.17) is 0 Å². The second kappa shape index (κ2) is 9.25. The monoisotopic (exact) mass is 444 g/mol. The largest absolute Gasteiger partial charge is 0.357 e. The zero-order valence-electron chi connectivity index (χ0n) is 15.1. The van der Waals surface area contributed by atoms with Gasteiger partial charge in [0.05, 0.1) is 0 Å². The number of rotatable bonds is 3. The number of amides is 1. The van der Waals surface area contributed by atoms with Gasteiger partial charge in [0.1, 0.15) is 6.54 Å². The Morgan fingerprint density at radius 3 is 2.67 bits per heavy atom. The molecule has 5 nitrogen and oxygen atoms in total. The van der Waals surface area contributed by atoms with Gasteiger partial charge in [0.2, 0.25) is 5.91 Å². The lowest BCUT2D eigenvalue weighted by Gasteiger charge is -2.29. The van der Waals surface area contributed by atoms with Gasteiger partial charge in [-0.2, -0.15) is 0 Å². The molecule has 1 aliphatic heterocycles. The molecule has 1 amide bonds. The molecule has 2 N–H and O–H groups in total. The van der Waals surface area contributed by atoms with Gasteiger partial charge in [-0.3, -0.25) is 4.79 Å². The summed E-state index contributed by atoms with van der Waals surface area (Å²) in [4.78, 5) is 18.9. The standard InChI is InChI=1S/C18H28N4O.HI/c1-5-19-17(21-18(2,3)4)20-13-16(23)22-12-8-10-14-9-6-7-11-15(14)22;/h6-7,9,11H,5,8,10,12-13H2,1-4H3,(H2,19,20,21);1H. The third kappa shape index (κ3) is 5.96. The Kier molecular flexibility index (Phi) is 7.99. The summed E-state index contributed by atoms with van der Waals surface area (Å²) in [5, 5.41) is 6.49. The van der Waals surface area contributed by atoms with Crippen LogP contribution in [0.1, 0.15) is 39.7 Å². The third-order valence-corrected chi connectivity index (χ3v) is 3.62. The van der Waals surface area contributed by atoms with Crippen LogP contribution in [0.25, 0.3) is 0 Å². The van der Waals surface area contributed by atoms with Gasteiger partial charge in [-0.1, -0.05) is 18.2 Å². The highest BCUT2D eigenvalue weighted by Crippen LogP contribution is 2.26. The lowest BCUT2D eigenvalue weighted by molar-refractivity contribution is -0.117. The molecule has 1 aromatic carbocycles. The number of halogens is 1. The number of hydrogen-bond acceptors (Lipinski definition) is 2. The van der Waals surface area contributed by atoms with Gasteiger partial charge in [-0.25, -0.2) is 4.99 Å². The molecule has 0 atom stereocenters. The quantitative estimate of drug-likeness (QED) is 0.428. The van der Waals surface area contributed by atoms with Crippen molar-refractivity contribution < 1.29 is 4.79 Å². The Hall–Kier alpha value is -1.31. The summed E-state index contributed by atoms with van der Waals surface area (Å²) in [7, 11) is 0. The molecule has 0 unspecified atom stereocenters. The maximum absolute atomic E-state index is 12.6. The van der Waals surface area contributed by atoms with E-state index in [9.17, 15) is 4.79 Å². The normalized spacial score (nSPS) is 14.5. The third-order valence-electron chi connectivity index (χ3n) is 3.62. The van der Waals surface area contributed by atoms with E-state index in [1.807, 2.05) is 30.0 Å². The molecule has 1 aliphatic rings. The molecule has 0 spiro atoms. The number of carbonyl (C=O) groups is 1. The van der Waals surface area contributed by atoms with Crippen molar-refractivity contribution in [2.75, 3.05) is 24.5 Å². The molecule has 0 bridgehead atoms. The van der Waals surface area contributed by atoms with Gasteiger partial charge in [0.25, 0.3) is 0 Å². The Labute approximate surface area is 162 Å². The average molecular weight is 444 g/mol. The number of guanidine groups is 1. The van der Waals surface area contributed by atoms with Crippen molar-refractivity contribution in [1.29, 1.82) is 0 Å². The van der Waals surface area contributed by atoms with Gasteiger partial charge in [0, 0.05) is 24.3 Å². The number of nitrogens with one attached hydrogen (secondary N) is 2. The van der Waals surface area contributed by atoms with Crippen LogP contribution in [-0.2, 0) is 11.2 Å². The smallest absolute Gasteiger partial charge is 0.248 e. The molecule has 6 heteroatoms.